The fourth-order valence-electron chi connectivity index (χ4n) is 4.01. The summed E-state index contributed by atoms with van der Waals surface area (Å²) in [5.74, 6) is -0.844. The Balaban J connectivity index is 1.22. The number of fused-ring (bicyclic) bond motifs is 1. The third-order valence-electron chi connectivity index (χ3n) is 5.85. The highest BCUT2D eigenvalue weighted by Gasteiger charge is 2.26. The van der Waals surface area contributed by atoms with Crippen molar-refractivity contribution in [3.63, 3.8) is 0 Å². The molecule has 1 amide bonds. The van der Waals surface area contributed by atoms with Crippen molar-refractivity contribution in [2.45, 2.75) is 6.42 Å². The second-order valence-electron chi connectivity index (χ2n) is 8.27. The summed E-state index contributed by atoms with van der Waals surface area (Å²) in [5, 5.41) is 12.4. The highest BCUT2D eigenvalue weighted by atomic mass is 16.7. The minimum absolute atomic E-state index is 0.0796. The van der Waals surface area contributed by atoms with Gasteiger partial charge in [-0.1, -0.05) is 42.5 Å². The van der Waals surface area contributed by atoms with Gasteiger partial charge in [-0.3, -0.25) is 19.4 Å². The number of anilines is 1. The number of rotatable bonds is 9. The Bertz CT molecular complexity index is 987. The van der Waals surface area contributed by atoms with Gasteiger partial charge in [0.1, 0.15) is 0 Å². The van der Waals surface area contributed by atoms with E-state index >= 15 is 0 Å². The van der Waals surface area contributed by atoms with Crippen LogP contribution in [-0.4, -0.2) is 72.8 Å². The molecule has 0 bridgehead atoms. The first kappa shape index (κ1) is 22.8. The minimum atomic E-state index is -0.955. The number of hydrogen-bond donors (Lipinski definition) is 2. The van der Waals surface area contributed by atoms with E-state index in [2.05, 4.69) is 39.4 Å². The molecule has 0 radical (unpaired) electrons. The van der Waals surface area contributed by atoms with Gasteiger partial charge in [-0.2, -0.15) is 0 Å². The summed E-state index contributed by atoms with van der Waals surface area (Å²) >= 11 is 0. The van der Waals surface area contributed by atoms with Crippen LogP contribution in [0.3, 0.4) is 0 Å². The molecule has 33 heavy (non-hydrogen) atoms. The maximum Gasteiger partial charge on any atom is 0.308 e. The van der Waals surface area contributed by atoms with E-state index in [-0.39, 0.29) is 19.1 Å². The lowest BCUT2D eigenvalue weighted by Gasteiger charge is -2.35. The molecule has 8 nitrogen and oxygen atoms in total. The fraction of sp³-hybridized carbons (Fsp3) is 0.360. The molecule has 0 saturated carbocycles. The Labute approximate surface area is 193 Å². The number of carbonyl (C=O) groups excluding carboxylic acids is 1. The first-order chi connectivity index (χ1) is 16.1. The van der Waals surface area contributed by atoms with Gasteiger partial charge >= 0.3 is 5.97 Å². The van der Waals surface area contributed by atoms with Crippen LogP contribution in [0.2, 0.25) is 0 Å². The third-order valence-corrected chi connectivity index (χ3v) is 5.85. The highest BCUT2D eigenvalue weighted by Crippen LogP contribution is 2.34. The summed E-state index contributed by atoms with van der Waals surface area (Å²) in [6.45, 7) is 4.69. The number of hydrogen-bond acceptors (Lipinski definition) is 6. The van der Waals surface area contributed by atoms with Crippen LogP contribution in [-0.2, 0) is 9.59 Å². The zero-order valence-electron chi connectivity index (χ0n) is 18.5. The van der Waals surface area contributed by atoms with E-state index in [1.807, 2.05) is 18.2 Å². The molecule has 1 fully saturated rings. The Morgan fingerprint density at radius 2 is 1.73 bits per heavy atom. The van der Waals surface area contributed by atoms with Gasteiger partial charge in [0, 0.05) is 57.4 Å². The van der Waals surface area contributed by atoms with E-state index < -0.39 is 11.9 Å². The van der Waals surface area contributed by atoms with E-state index in [9.17, 15) is 14.7 Å². The van der Waals surface area contributed by atoms with Gasteiger partial charge in [-0.05, 0) is 17.7 Å². The van der Waals surface area contributed by atoms with Gasteiger partial charge in [0.2, 0.25) is 12.7 Å². The second-order valence-corrected chi connectivity index (χ2v) is 8.27. The standard InChI is InChI=1S/C25H29N3O5/c29-24(26-21-8-9-22-23(16-21)33-18-32-22)15-20(25(30)31)17-28-13-11-27(12-14-28)10-4-7-19-5-2-1-3-6-19/h1-9,16,20H,10-15,17-18H2,(H,26,29)(H,30,31)/b7-4+. The smallest absolute Gasteiger partial charge is 0.308 e. The number of ether oxygens (including phenoxy) is 2. The molecule has 2 N–H and O–H groups in total. The van der Waals surface area contributed by atoms with Crippen molar-refractivity contribution in [3.8, 4) is 11.5 Å². The largest absolute Gasteiger partial charge is 0.481 e. The molecule has 2 aromatic carbocycles. The Morgan fingerprint density at radius 3 is 2.48 bits per heavy atom. The predicted octanol–water partition coefficient (Wildman–Crippen LogP) is 2.78. The van der Waals surface area contributed by atoms with Crippen LogP contribution in [0.1, 0.15) is 12.0 Å². The van der Waals surface area contributed by atoms with Gasteiger partial charge in [-0.15, -0.1) is 0 Å². The summed E-state index contributed by atoms with van der Waals surface area (Å²) in [6, 6.07) is 15.3. The molecular weight excluding hydrogens is 422 g/mol. The Hall–Kier alpha value is -3.36. The monoisotopic (exact) mass is 451 g/mol. The van der Waals surface area contributed by atoms with E-state index in [0.717, 1.165) is 32.7 Å². The molecule has 2 aliphatic rings. The summed E-state index contributed by atoms with van der Waals surface area (Å²) in [6.07, 6.45) is 4.20. The molecule has 0 aliphatic carbocycles. The zero-order valence-corrected chi connectivity index (χ0v) is 18.5. The zero-order chi connectivity index (χ0) is 23.0. The lowest BCUT2D eigenvalue weighted by molar-refractivity contribution is -0.144. The van der Waals surface area contributed by atoms with Gasteiger partial charge in [0.25, 0.3) is 0 Å². The van der Waals surface area contributed by atoms with Crippen LogP contribution < -0.4 is 14.8 Å². The van der Waals surface area contributed by atoms with Gasteiger partial charge in [0.15, 0.2) is 11.5 Å². The molecule has 2 aromatic rings. The quantitative estimate of drug-likeness (QED) is 0.606. The fourth-order valence-corrected chi connectivity index (χ4v) is 4.01. The number of carboxylic acid groups (broad SMARTS) is 1. The number of carbonyl (C=O) groups is 2. The predicted molar refractivity (Wildman–Crippen MR) is 125 cm³/mol. The molecule has 2 aliphatic heterocycles. The van der Waals surface area contributed by atoms with Crippen molar-refractivity contribution in [1.82, 2.24) is 9.80 Å². The number of nitrogens with one attached hydrogen (secondary N) is 1. The third kappa shape index (κ3) is 6.57. The average Bonchev–Trinajstić information content (AvgIpc) is 3.28. The normalized spacial score (nSPS) is 17.2. The van der Waals surface area contributed by atoms with E-state index in [0.29, 0.717) is 23.7 Å². The molecule has 1 saturated heterocycles. The molecule has 4 rings (SSSR count). The van der Waals surface area contributed by atoms with Crippen LogP contribution in [0.15, 0.2) is 54.6 Å². The summed E-state index contributed by atoms with van der Waals surface area (Å²) in [4.78, 5) is 28.7. The Kier molecular flexibility index (Phi) is 7.59. The first-order valence-corrected chi connectivity index (χ1v) is 11.2. The van der Waals surface area contributed by atoms with Crippen molar-refractivity contribution < 1.29 is 24.2 Å². The molecule has 1 unspecified atom stereocenters. The maximum atomic E-state index is 12.5. The molecule has 174 valence electrons. The van der Waals surface area contributed by atoms with E-state index in [4.69, 9.17) is 9.47 Å². The van der Waals surface area contributed by atoms with Gasteiger partial charge in [0.05, 0.1) is 5.92 Å². The molecule has 0 spiro atoms. The van der Waals surface area contributed by atoms with Crippen molar-refractivity contribution in [3.05, 3.63) is 60.2 Å². The molecule has 0 aromatic heterocycles. The van der Waals surface area contributed by atoms with Crippen molar-refractivity contribution >= 4 is 23.6 Å². The first-order valence-electron chi connectivity index (χ1n) is 11.2. The molecule has 1 atom stereocenters. The van der Waals surface area contributed by atoms with Crippen LogP contribution in [0, 0.1) is 5.92 Å². The van der Waals surface area contributed by atoms with Crippen LogP contribution in [0.25, 0.3) is 6.08 Å². The molecule has 8 heteroatoms. The van der Waals surface area contributed by atoms with Crippen LogP contribution >= 0.6 is 0 Å². The van der Waals surface area contributed by atoms with Crippen molar-refractivity contribution in [1.29, 1.82) is 0 Å². The molecular formula is C25H29N3O5. The Morgan fingerprint density at radius 1 is 1.00 bits per heavy atom. The summed E-state index contributed by atoms with van der Waals surface area (Å²) in [5.41, 5.74) is 1.74. The average molecular weight is 452 g/mol. The number of nitrogens with zero attached hydrogens (tertiary/aromatic N) is 2. The highest BCUT2D eigenvalue weighted by molar-refractivity contribution is 5.93. The van der Waals surface area contributed by atoms with E-state index in [1.54, 1.807) is 18.2 Å². The summed E-state index contributed by atoms with van der Waals surface area (Å²) in [7, 11) is 0. The lowest BCUT2D eigenvalue weighted by atomic mass is 10.0. The number of aliphatic carboxylic acids is 1. The maximum absolute atomic E-state index is 12.5. The van der Waals surface area contributed by atoms with Gasteiger partial charge in [-0.25, -0.2) is 0 Å². The van der Waals surface area contributed by atoms with Crippen LogP contribution in [0.4, 0.5) is 5.69 Å². The summed E-state index contributed by atoms with van der Waals surface area (Å²) < 4.78 is 10.6. The number of piperazine rings is 1. The minimum Gasteiger partial charge on any atom is -0.481 e. The van der Waals surface area contributed by atoms with Crippen molar-refractivity contribution in [2.24, 2.45) is 5.92 Å². The lowest BCUT2D eigenvalue weighted by Crippen LogP contribution is -2.48. The van der Waals surface area contributed by atoms with Crippen LogP contribution in [0.5, 0.6) is 11.5 Å². The van der Waals surface area contributed by atoms with Crippen molar-refractivity contribution in [2.75, 3.05) is 51.4 Å². The second kappa shape index (κ2) is 11.0. The number of carboxylic acids is 1. The SMILES string of the molecule is O=C(CC(CN1CCN(C/C=C/c2ccccc2)CC1)C(=O)O)Nc1ccc2c(c1)OCO2. The van der Waals surface area contributed by atoms with E-state index in [1.165, 1.54) is 5.56 Å². The van der Waals surface area contributed by atoms with Gasteiger partial charge < -0.3 is 19.9 Å². The number of amides is 1. The molecule has 2 heterocycles. The number of benzene rings is 2. The topological polar surface area (TPSA) is 91.3 Å².